The summed E-state index contributed by atoms with van der Waals surface area (Å²) in [7, 11) is 0. The highest BCUT2D eigenvalue weighted by molar-refractivity contribution is 5.78. The Hall–Kier alpha value is -1.46. The van der Waals surface area contributed by atoms with E-state index in [4.69, 9.17) is 4.74 Å². The van der Waals surface area contributed by atoms with Gasteiger partial charge in [0.2, 0.25) is 5.91 Å². The minimum atomic E-state index is 0.217. The molecule has 3 heterocycles. The first-order valence-corrected chi connectivity index (χ1v) is 7.81. The Balaban J connectivity index is 1.47. The van der Waals surface area contributed by atoms with Crippen molar-refractivity contribution in [2.45, 2.75) is 25.3 Å². The number of carbonyl (C=O) groups is 1. The molecule has 0 atom stereocenters. The molecule has 0 aromatic carbocycles. The fourth-order valence-corrected chi connectivity index (χ4v) is 3.18. The Kier molecular flexibility index (Phi) is 4.83. The van der Waals surface area contributed by atoms with Gasteiger partial charge in [-0.2, -0.15) is 0 Å². The van der Waals surface area contributed by atoms with Crippen molar-refractivity contribution in [3.63, 3.8) is 0 Å². The molecule has 2 aliphatic heterocycles. The van der Waals surface area contributed by atoms with E-state index >= 15 is 0 Å². The Morgan fingerprint density at radius 2 is 2.00 bits per heavy atom. The van der Waals surface area contributed by atoms with Crippen LogP contribution in [0.25, 0.3) is 0 Å². The quantitative estimate of drug-likeness (QED) is 0.831. The second-order valence-electron chi connectivity index (χ2n) is 5.80. The van der Waals surface area contributed by atoms with Gasteiger partial charge < -0.3 is 9.64 Å². The third-order valence-electron chi connectivity index (χ3n) is 4.45. The van der Waals surface area contributed by atoms with Gasteiger partial charge in [-0.25, -0.2) is 0 Å². The molecule has 21 heavy (non-hydrogen) atoms. The minimum absolute atomic E-state index is 0.217. The van der Waals surface area contributed by atoms with Crippen molar-refractivity contribution in [1.82, 2.24) is 14.8 Å². The molecule has 0 bridgehead atoms. The van der Waals surface area contributed by atoms with Crippen molar-refractivity contribution in [2.75, 3.05) is 39.4 Å². The van der Waals surface area contributed by atoms with Gasteiger partial charge in [0, 0.05) is 57.8 Å². The zero-order valence-electron chi connectivity index (χ0n) is 12.4. The largest absolute Gasteiger partial charge is 0.381 e. The molecule has 2 saturated heterocycles. The maximum absolute atomic E-state index is 12.3. The predicted molar refractivity (Wildman–Crippen MR) is 79.9 cm³/mol. The lowest BCUT2D eigenvalue weighted by Crippen LogP contribution is -2.53. The summed E-state index contributed by atoms with van der Waals surface area (Å²) < 4.78 is 5.42. The van der Waals surface area contributed by atoms with E-state index in [0.717, 1.165) is 57.8 Å². The van der Waals surface area contributed by atoms with E-state index in [-0.39, 0.29) is 5.91 Å². The Morgan fingerprint density at radius 1 is 1.24 bits per heavy atom. The number of aromatic nitrogens is 1. The normalized spacial score (nSPS) is 21.4. The van der Waals surface area contributed by atoms with Crippen molar-refractivity contribution >= 4 is 5.91 Å². The zero-order chi connectivity index (χ0) is 14.5. The molecule has 5 heteroatoms. The van der Waals surface area contributed by atoms with E-state index in [1.54, 1.807) is 12.4 Å². The van der Waals surface area contributed by atoms with Crippen LogP contribution in [0, 0.1) is 0 Å². The Morgan fingerprint density at radius 3 is 2.67 bits per heavy atom. The fourth-order valence-electron chi connectivity index (χ4n) is 3.18. The van der Waals surface area contributed by atoms with E-state index in [2.05, 4.69) is 9.88 Å². The Bertz CT molecular complexity index is 452. The van der Waals surface area contributed by atoms with Crippen LogP contribution in [0.5, 0.6) is 0 Å². The number of carbonyl (C=O) groups excluding carboxylic acids is 1. The molecule has 0 aliphatic carbocycles. The molecule has 0 unspecified atom stereocenters. The number of piperazine rings is 1. The molecule has 1 aromatic rings. The molecule has 0 saturated carbocycles. The molecule has 1 aromatic heterocycles. The van der Waals surface area contributed by atoms with Crippen LogP contribution < -0.4 is 0 Å². The lowest BCUT2D eigenvalue weighted by molar-refractivity contribution is -0.132. The van der Waals surface area contributed by atoms with Gasteiger partial charge in [0.05, 0.1) is 6.42 Å². The number of pyridine rings is 1. The lowest BCUT2D eigenvalue weighted by atomic mass is 10.1. The number of hydrogen-bond donors (Lipinski definition) is 0. The number of nitrogens with zero attached hydrogens (tertiary/aromatic N) is 3. The van der Waals surface area contributed by atoms with E-state index in [1.165, 1.54) is 0 Å². The topological polar surface area (TPSA) is 45.7 Å². The van der Waals surface area contributed by atoms with Crippen LogP contribution in [-0.4, -0.2) is 66.1 Å². The first kappa shape index (κ1) is 14.5. The summed E-state index contributed by atoms with van der Waals surface area (Å²) in [5.41, 5.74) is 0.995. The summed E-state index contributed by atoms with van der Waals surface area (Å²) in [5.74, 6) is 0.217. The molecule has 114 valence electrons. The number of ether oxygens (including phenoxy) is 1. The highest BCUT2D eigenvalue weighted by atomic mass is 16.5. The first-order chi connectivity index (χ1) is 10.3. The third-order valence-corrected chi connectivity index (χ3v) is 4.45. The van der Waals surface area contributed by atoms with Gasteiger partial charge in [-0.3, -0.25) is 14.7 Å². The van der Waals surface area contributed by atoms with Crippen molar-refractivity contribution < 1.29 is 9.53 Å². The van der Waals surface area contributed by atoms with E-state index in [9.17, 15) is 4.79 Å². The summed E-state index contributed by atoms with van der Waals surface area (Å²) >= 11 is 0. The van der Waals surface area contributed by atoms with E-state index in [1.807, 2.05) is 17.0 Å². The van der Waals surface area contributed by atoms with Crippen molar-refractivity contribution in [1.29, 1.82) is 0 Å². The molecule has 0 N–H and O–H groups in total. The minimum Gasteiger partial charge on any atom is -0.381 e. The number of rotatable bonds is 3. The fraction of sp³-hybridized carbons (Fsp3) is 0.625. The second kappa shape index (κ2) is 7.00. The summed E-state index contributed by atoms with van der Waals surface area (Å²) in [6.45, 7) is 5.43. The SMILES string of the molecule is O=C(Cc1cccnc1)N1CCN(C2CCOCC2)CC1. The monoisotopic (exact) mass is 289 g/mol. The summed E-state index contributed by atoms with van der Waals surface area (Å²) in [4.78, 5) is 20.9. The van der Waals surface area contributed by atoms with Crippen LogP contribution in [0.4, 0.5) is 0 Å². The molecule has 0 radical (unpaired) electrons. The molecule has 5 nitrogen and oxygen atoms in total. The van der Waals surface area contributed by atoms with Crippen LogP contribution in [0.15, 0.2) is 24.5 Å². The highest BCUT2D eigenvalue weighted by Crippen LogP contribution is 2.16. The summed E-state index contributed by atoms with van der Waals surface area (Å²) in [6.07, 6.45) is 6.23. The molecule has 3 rings (SSSR count). The van der Waals surface area contributed by atoms with Gasteiger partial charge in [-0.05, 0) is 24.5 Å². The summed E-state index contributed by atoms with van der Waals surface area (Å²) in [5, 5.41) is 0. The average Bonchev–Trinajstić information content (AvgIpc) is 2.57. The maximum Gasteiger partial charge on any atom is 0.227 e. The molecule has 2 aliphatic rings. The van der Waals surface area contributed by atoms with Gasteiger partial charge in [0.15, 0.2) is 0 Å². The van der Waals surface area contributed by atoms with Crippen molar-refractivity contribution in [3.8, 4) is 0 Å². The molecule has 0 spiro atoms. The number of hydrogen-bond acceptors (Lipinski definition) is 4. The maximum atomic E-state index is 12.3. The summed E-state index contributed by atoms with van der Waals surface area (Å²) in [6, 6.07) is 4.49. The smallest absolute Gasteiger partial charge is 0.227 e. The van der Waals surface area contributed by atoms with Crippen LogP contribution in [0.1, 0.15) is 18.4 Å². The predicted octanol–water partition coefficient (Wildman–Crippen LogP) is 0.947. The molecule has 1 amide bonds. The molecular formula is C16H23N3O2. The lowest BCUT2D eigenvalue weighted by Gasteiger charge is -2.40. The highest BCUT2D eigenvalue weighted by Gasteiger charge is 2.27. The van der Waals surface area contributed by atoms with Crippen molar-refractivity contribution in [3.05, 3.63) is 30.1 Å². The van der Waals surface area contributed by atoms with Crippen LogP contribution in [0.3, 0.4) is 0 Å². The van der Waals surface area contributed by atoms with Gasteiger partial charge in [-0.15, -0.1) is 0 Å². The van der Waals surface area contributed by atoms with Crippen LogP contribution in [0.2, 0.25) is 0 Å². The molecular weight excluding hydrogens is 266 g/mol. The van der Waals surface area contributed by atoms with Crippen molar-refractivity contribution in [2.24, 2.45) is 0 Å². The second-order valence-corrected chi connectivity index (χ2v) is 5.80. The molecule has 2 fully saturated rings. The standard InChI is InChI=1S/C16H23N3O2/c20-16(12-14-2-1-5-17-13-14)19-8-6-18(7-9-19)15-3-10-21-11-4-15/h1-2,5,13,15H,3-4,6-12H2. The van der Waals surface area contributed by atoms with E-state index in [0.29, 0.717) is 12.5 Å². The van der Waals surface area contributed by atoms with Gasteiger partial charge in [0.25, 0.3) is 0 Å². The first-order valence-electron chi connectivity index (χ1n) is 7.81. The van der Waals surface area contributed by atoms with Gasteiger partial charge >= 0.3 is 0 Å². The van der Waals surface area contributed by atoms with Gasteiger partial charge in [-0.1, -0.05) is 6.07 Å². The van der Waals surface area contributed by atoms with Crippen LogP contribution >= 0.6 is 0 Å². The Labute approximate surface area is 125 Å². The zero-order valence-corrected chi connectivity index (χ0v) is 12.4. The van der Waals surface area contributed by atoms with Gasteiger partial charge in [0.1, 0.15) is 0 Å². The third kappa shape index (κ3) is 3.80. The number of amides is 1. The van der Waals surface area contributed by atoms with E-state index < -0.39 is 0 Å². The average molecular weight is 289 g/mol. The van der Waals surface area contributed by atoms with Crippen LogP contribution in [-0.2, 0) is 16.0 Å².